The Kier molecular flexibility index (Phi) is 7.69. The van der Waals surface area contributed by atoms with Crippen LogP contribution in [0, 0.1) is 5.92 Å². The van der Waals surface area contributed by atoms with Crippen molar-refractivity contribution in [2.45, 2.75) is 12.8 Å². The molecule has 2 heterocycles. The molecule has 0 bridgehead atoms. The highest BCUT2D eigenvalue weighted by atomic mass is 16.5. The fourth-order valence-corrected chi connectivity index (χ4v) is 5.02. The van der Waals surface area contributed by atoms with Crippen LogP contribution in [0.15, 0.2) is 36.4 Å². The molecule has 10 nitrogen and oxygen atoms in total. The number of piperazine rings is 2. The number of nitrogens with zero attached hydrogens (tertiary/aromatic N) is 3. The molecule has 0 radical (unpaired) electrons. The number of hydrogen-bond acceptors (Lipinski definition) is 7. The summed E-state index contributed by atoms with van der Waals surface area (Å²) in [7, 11) is 3.07. The summed E-state index contributed by atoms with van der Waals surface area (Å²) in [6, 6.07) is 10.5. The predicted octanol–water partition coefficient (Wildman–Crippen LogP) is 2.06. The molecule has 2 N–H and O–H groups in total. The van der Waals surface area contributed by atoms with E-state index in [1.807, 2.05) is 21.9 Å². The Bertz CT molecular complexity index is 1200. The van der Waals surface area contributed by atoms with Gasteiger partial charge in [0.1, 0.15) is 0 Å². The zero-order valence-corrected chi connectivity index (χ0v) is 22.0. The SMILES string of the molecule is COc1ccc(C(=O)Nc2cc(C(=O)N3CCNCC3)ccc2N2CCN(C(=O)C3CC3)CC2)cc1OC. The van der Waals surface area contributed by atoms with Gasteiger partial charge in [0.2, 0.25) is 5.91 Å². The third kappa shape index (κ3) is 5.55. The number of ether oxygens (including phenoxy) is 2. The molecule has 38 heavy (non-hydrogen) atoms. The van der Waals surface area contributed by atoms with Gasteiger partial charge in [0.15, 0.2) is 11.5 Å². The maximum atomic E-state index is 13.3. The van der Waals surface area contributed by atoms with E-state index in [1.165, 1.54) is 7.11 Å². The summed E-state index contributed by atoms with van der Waals surface area (Å²) in [5, 5.41) is 6.30. The monoisotopic (exact) mass is 521 g/mol. The molecule has 2 aliphatic heterocycles. The summed E-state index contributed by atoms with van der Waals surface area (Å²) in [4.78, 5) is 45.0. The number of hydrogen-bond donors (Lipinski definition) is 2. The fourth-order valence-electron chi connectivity index (χ4n) is 5.02. The van der Waals surface area contributed by atoms with Crippen molar-refractivity contribution in [3.8, 4) is 11.5 Å². The summed E-state index contributed by atoms with van der Waals surface area (Å²) < 4.78 is 10.7. The predicted molar refractivity (Wildman–Crippen MR) is 144 cm³/mol. The number of carbonyl (C=O) groups excluding carboxylic acids is 3. The second kappa shape index (κ2) is 11.3. The molecule has 2 aromatic rings. The van der Waals surface area contributed by atoms with Crippen LogP contribution in [-0.2, 0) is 4.79 Å². The van der Waals surface area contributed by atoms with E-state index in [-0.39, 0.29) is 23.6 Å². The van der Waals surface area contributed by atoms with Gasteiger partial charge in [0.25, 0.3) is 11.8 Å². The first kappa shape index (κ1) is 25.8. The van der Waals surface area contributed by atoms with Gasteiger partial charge in [-0.05, 0) is 49.2 Å². The van der Waals surface area contributed by atoms with Gasteiger partial charge in [-0.2, -0.15) is 0 Å². The smallest absolute Gasteiger partial charge is 0.255 e. The Balaban J connectivity index is 1.39. The summed E-state index contributed by atoms with van der Waals surface area (Å²) >= 11 is 0. The number of benzene rings is 2. The average Bonchev–Trinajstić information content (AvgIpc) is 3.82. The van der Waals surface area contributed by atoms with Crippen LogP contribution in [0.1, 0.15) is 33.6 Å². The van der Waals surface area contributed by atoms with Crippen LogP contribution >= 0.6 is 0 Å². The maximum absolute atomic E-state index is 13.3. The number of amides is 3. The number of nitrogens with one attached hydrogen (secondary N) is 2. The Morgan fingerprint density at radius 1 is 0.816 bits per heavy atom. The van der Waals surface area contributed by atoms with Crippen LogP contribution in [0.3, 0.4) is 0 Å². The minimum absolute atomic E-state index is 0.0560. The summed E-state index contributed by atoms with van der Waals surface area (Å²) in [5.74, 6) is 1.07. The fraction of sp³-hybridized carbons (Fsp3) is 0.464. The molecular weight excluding hydrogens is 486 g/mol. The molecule has 0 spiro atoms. The molecule has 0 atom stereocenters. The van der Waals surface area contributed by atoms with Crippen LogP contribution in [-0.4, -0.2) is 94.1 Å². The average molecular weight is 522 g/mol. The van der Waals surface area contributed by atoms with Crippen LogP contribution < -0.4 is 25.0 Å². The van der Waals surface area contributed by atoms with Crippen molar-refractivity contribution in [3.05, 3.63) is 47.5 Å². The second-order valence-corrected chi connectivity index (χ2v) is 9.88. The lowest BCUT2D eigenvalue weighted by molar-refractivity contribution is -0.132. The van der Waals surface area contributed by atoms with Crippen LogP contribution in [0.5, 0.6) is 11.5 Å². The van der Waals surface area contributed by atoms with E-state index in [2.05, 4.69) is 15.5 Å². The van der Waals surface area contributed by atoms with Gasteiger partial charge in [-0.25, -0.2) is 0 Å². The molecule has 2 saturated heterocycles. The number of methoxy groups -OCH3 is 2. The third-order valence-electron chi connectivity index (χ3n) is 7.40. The molecule has 0 unspecified atom stereocenters. The van der Waals surface area contributed by atoms with Crippen molar-refractivity contribution in [2.75, 3.05) is 76.8 Å². The first-order valence-corrected chi connectivity index (χ1v) is 13.2. The van der Waals surface area contributed by atoms with Crippen molar-refractivity contribution < 1.29 is 23.9 Å². The van der Waals surface area contributed by atoms with E-state index < -0.39 is 0 Å². The lowest BCUT2D eigenvalue weighted by Crippen LogP contribution is -2.49. The van der Waals surface area contributed by atoms with Gasteiger partial charge < -0.3 is 34.8 Å². The van der Waals surface area contributed by atoms with Crippen molar-refractivity contribution in [3.63, 3.8) is 0 Å². The second-order valence-electron chi connectivity index (χ2n) is 9.88. The third-order valence-corrected chi connectivity index (χ3v) is 7.40. The Hall–Kier alpha value is -3.79. The van der Waals surface area contributed by atoms with Crippen molar-refractivity contribution in [2.24, 2.45) is 5.92 Å². The Morgan fingerprint density at radius 2 is 1.50 bits per heavy atom. The molecule has 3 amide bonds. The van der Waals surface area contributed by atoms with Gasteiger partial charge in [0.05, 0.1) is 25.6 Å². The van der Waals surface area contributed by atoms with E-state index in [9.17, 15) is 14.4 Å². The van der Waals surface area contributed by atoms with Gasteiger partial charge in [-0.15, -0.1) is 0 Å². The van der Waals surface area contributed by atoms with Crippen molar-refractivity contribution in [1.82, 2.24) is 15.1 Å². The molecule has 1 saturated carbocycles. The highest BCUT2D eigenvalue weighted by Crippen LogP contribution is 2.34. The highest BCUT2D eigenvalue weighted by Gasteiger charge is 2.35. The maximum Gasteiger partial charge on any atom is 0.255 e. The molecule has 0 aromatic heterocycles. The normalized spacial score (nSPS) is 17.7. The van der Waals surface area contributed by atoms with Crippen molar-refractivity contribution in [1.29, 1.82) is 0 Å². The zero-order chi connectivity index (χ0) is 26.6. The lowest BCUT2D eigenvalue weighted by Gasteiger charge is -2.37. The number of rotatable bonds is 7. The van der Waals surface area contributed by atoms with E-state index in [0.29, 0.717) is 67.6 Å². The minimum atomic E-state index is -0.318. The molecule has 3 aliphatic rings. The minimum Gasteiger partial charge on any atom is -0.493 e. The van der Waals surface area contributed by atoms with Crippen LogP contribution in [0.25, 0.3) is 0 Å². The molecule has 3 fully saturated rings. The first-order valence-electron chi connectivity index (χ1n) is 13.2. The van der Waals surface area contributed by atoms with Crippen LogP contribution in [0.2, 0.25) is 0 Å². The van der Waals surface area contributed by atoms with Gasteiger partial charge in [-0.1, -0.05) is 0 Å². The molecule has 10 heteroatoms. The number of anilines is 2. The van der Waals surface area contributed by atoms with Gasteiger partial charge in [0, 0.05) is 69.4 Å². The van der Waals surface area contributed by atoms with E-state index in [4.69, 9.17) is 9.47 Å². The van der Waals surface area contributed by atoms with E-state index >= 15 is 0 Å². The summed E-state index contributed by atoms with van der Waals surface area (Å²) in [5.41, 5.74) is 2.33. The summed E-state index contributed by atoms with van der Waals surface area (Å²) in [6.45, 7) is 5.40. The first-order chi connectivity index (χ1) is 18.5. The van der Waals surface area contributed by atoms with E-state index in [1.54, 1.807) is 31.4 Å². The molecule has 1 aliphatic carbocycles. The largest absolute Gasteiger partial charge is 0.493 e. The van der Waals surface area contributed by atoms with Crippen molar-refractivity contribution >= 4 is 29.1 Å². The zero-order valence-electron chi connectivity index (χ0n) is 22.0. The lowest BCUT2D eigenvalue weighted by atomic mass is 10.1. The van der Waals surface area contributed by atoms with Crippen LogP contribution in [0.4, 0.5) is 11.4 Å². The standard InChI is InChI=1S/C28H35N5O5/c1-37-24-8-6-20(18-25(24)38-2)26(34)30-22-17-21(28(36)32-11-9-29-10-12-32)5-7-23(22)31-13-15-33(16-14-31)27(35)19-3-4-19/h5-8,17-19,29H,3-4,9-16H2,1-2H3,(H,30,34). The molecule has 202 valence electrons. The topological polar surface area (TPSA) is 103 Å². The Labute approximate surface area is 222 Å². The van der Waals surface area contributed by atoms with E-state index in [0.717, 1.165) is 31.6 Å². The van der Waals surface area contributed by atoms with Gasteiger partial charge in [-0.3, -0.25) is 14.4 Å². The quantitative estimate of drug-likeness (QED) is 0.575. The Morgan fingerprint density at radius 3 is 2.16 bits per heavy atom. The van der Waals surface area contributed by atoms with Gasteiger partial charge >= 0.3 is 0 Å². The highest BCUT2D eigenvalue weighted by molar-refractivity contribution is 6.07. The summed E-state index contributed by atoms with van der Waals surface area (Å²) in [6.07, 6.45) is 1.99. The molecule has 5 rings (SSSR count). The molecular formula is C28H35N5O5. The molecule has 2 aromatic carbocycles. The number of carbonyl (C=O) groups is 3.